The van der Waals surface area contributed by atoms with Crippen LogP contribution in [0.25, 0.3) is 10.8 Å². The first-order valence-electron chi connectivity index (χ1n) is 9.48. The molecule has 1 heterocycles. The highest BCUT2D eigenvalue weighted by Gasteiger charge is 2.20. The summed E-state index contributed by atoms with van der Waals surface area (Å²) in [4.78, 5) is 27.2. The van der Waals surface area contributed by atoms with Crippen molar-refractivity contribution in [3.63, 3.8) is 0 Å². The van der Waals surface area contributed by atoms with Crippen molar-refractivity contribution >= 4 is 16.7 Å². The molecule has 3 rings (SSSR count). The molecule has 0 radical (unpaired) electrons. The molecule has 0 fully saturated rings. The molecular weight excluding hydrogens is 370 g/mol. The number of hydrogen-bond acceptors (Lipinski definition) is 5. The minimum Gasteiger partial charge on any atom is -0.494 e. The molecule has 0 unspecified atom stereocenters. The highest BCUT2D eigenvalue weighted by Crippen LogP contribution is 2.23. The van der Waals surface area contributed by atoms with Crippen LogP contribution in [0.1, 0.15) is 25.5 Å². The van der Waals surface area contributed by atoms with E-state index in [1.165, 1.54) is 7.11 Å². The summed E-state index contributed by atoms with van der Waals surface area (Å²) in [6.45, 7) is 4.30. The maximum atomic E-state index is 12.8. The number of likely N-dealkylation sites (N-methyl/N-ethyl adjacent to an activating group) is 1. The molecule has 0 N–H and O–H groups in total. The summed E-state index contributed by atoms with van der Waals surface area (Å²) in [5.41, 5.74) is 0.651. The maximum absolute atomic E-state index is 12.8. The topological polar surface area (TPSA) is 73.7 Å². The molecule has 7 heteroatoms. The number of rotatable bonds is 7. The van der Waals surface area contributed by atoms with Gasteiger partial charge in [0.15, 0.2) is 0 Å². The lowest BCUT2D eigenvalue weighted by atomic mass is 10.1. The average molecular weight is 395 g/mol. The van der Waals surface area contributed by atoms with Gasteiger partial charge in [-0.1, -0.05) is 24.3 Å². The molecule has 0 bridgehead atoms. The Morgan fingerprint density at radius 1 is 1.14 bits per heavy atom. The Morgan fingerprint density at radius 3 is 2.41 bits per heavy atom. The fourth-order valence-electron chi connectivity index (χ4n) is 3.15. The first-order valence-corrected chi connectivity index (χ1v) is 9.48. The van der Waals surface area contributed by atoms with Crippen molar-refractivity contribution in [2.75, 3.05) is 20.8 Å². The Morgan fingerprint density at radius 2 is 1.79 bits per heavy atom. The number of carbonyl (C=O) groups excluding carboxylic acids is 1. The summed E-state index contributed by atoms with van der Waals surface area (Å²) in [6, 6.07) is 14.5. The molecule has 1 atom stereocenters. The van der Waals surface area contributed by atoms with Gasteiger partial charge in [0.2, 0.25) is 11.8 Å². The quantitative estimate of drug-likeness (QED) is 0.615. The van der Waals surface area contributed by atoms with Crippen LogP contribution in [0.2, 0.25) is 0 Å². The van der Waals surface area contributed by atoms with Crippen molar-refractivity contribution < 1.29 is 14.3 Å². The lowest BCUT2D eigenvalue weighted by Gasteiger charge is -2.25. The van der Waals surface area contributed by atoms with Crippen molar-refractivity contribution in [3.05, 3.63) is 64.4 Å². The Kier molecular flexibility index (Phi) is 6.16. The van der Waals surface area contributed by atoms with Gasteiger partial charge in [0, 0.05) is 7.05 Å². The molecule has 0 saturated heterocycles. The number of benzene rings is 2. The molecule has 0 aliphatic heterocycles. The Bertz CT molecular complexity index is 1060. The summed E-state index contributed by atoms with van der Waals surface area (Å²) >= 11 is 0. The molecule has 0 aliphatic carbocycles. The third kappa shape index (κ3) is 4.23. The monoisotopic (exact) mass is 395 g/mol. The van der Waals surface area contributed by atoms with Crippen LogP contribution in [0.15, 0.2) is 53.3 Å². The van der Waals surface area contributed by atoms with Crippen LogP contribution >= 0.6 is 0 Å². The van der Waals surface area contributed by atoms with E-state index in [0.29, 0.717) is 23.3 Å². The summed E-state index contributed by atoms with van der Waals surface area (Å²) in [5, 5.41) is 5.32. The van der Waals surface area contributed by atoms with Gasteiger partial charge in [-0.05, 0) is 43.7 Å². The Hall–Kier alpha value is -3.35. The van der Waals surface area contributed by atoms with E-state index in [2.05, 4.69) is 5.10 Å². The standard InChI is InChI=1S/C22H25N3O4/c1-5-29-17-12-10-16(11-13-17)15(2)24(3)20(26)14-25-22(27)19-9-7-6-8-18(19)21(23-25)28-4/h6-13,15H,5,14H2,1-4H3/t15-/m0/s1. The fourth-order valence-corrected chi connectivity index (χ4v) is 3.15. The number of carbonyl (C=O) groups is 1. The van der Waals surface area contributed by atoms with Crippen LogP contribution in [0.5, 0.6) is 11.6 Å². The summed E-state index contributed by atoms with van der Waals surface area (Å²) in [5.74, 6) is 0.880. The third-order valence-electron chi connectivity index (χ3n) is 4.96. The van der Waals surface area contributed by atoms with Gasteiger partial charge in [0.05, 0.1) is 30.5 Å². The van der Waals surface area contributed by atoms with Gasteiger partial charge in [-0.2, -0.15) is 0 Å². The van der Waals surface area contributed by atoms with Crippen LogP contribution in [0, 0.1) is 0 Å². The highest BCUT2D eigenvalue weighted by atomic mass is 16.5. The summed E-state index contributed by atoms with van der Waals surface area (Å²) in [7, 11) is 3.21. The predicted molar refractivity (Wildman–Crippen MR) is 111 cm³/mol. The van der Waals surface area contributed by atoms with Crippen LogP contribution in [0.3, 0.4) is 0 Å². The van der Waals surface area contributed by atoms with Crippen LogP contribution in [-0.2, 0) is 11.3 Å². The molecule has 29 heavy (non-hydrogen) atoms. The van der Waals surface area contributed by atoms with Crippen LogP contribution in [0.4, 0.5) is 0 Å². The Balaban J connectivity index is 1.82. The molecule has 1 aromatic heterocycles. The number of aromatic nitrogens is 2. The maximum Gasteiger partial charge on any atom is 0.275 e. The molecular formula is C22H25N3O4. The molecule has 3 aromatic rings. The predicted octanol–water partition coefficient (Wildman–Crippen LogP) is 3.02. The van der Waals surface area contributed by atoms with Crippen LogP contribution < -0.4 is 15.0 Å². The van der Waals surface area contributed by atoms with Crippen molar-refractivity contribution in [1.29, 1.82) is 0 Å². The lowest BCUT2D eigenvalue weighted by Crippen LogP contribution is -2.36. The zero-order valence-electron chi connectivity index (χ0n) is 17.1. The molecule has 7 nitrogen and oxygen atoms in total. The van der Waals surface area contributed by atoms with Gasteiger partial charge in [-0.25, -0.2) is 4.68 Å². The first-order chi connectivity index (χ1) is 14.0. The zero-order valence-corrected chi connectivity index (χ0v) is 17.1. The molecule has 0 aliphatic rings. The second-order valence-corrected chi connectivity index (χ2v) is 6.70. The summed E-state index contributed by atoms with van der Waals surface area (Å²) < 4.78 is 11.9. The highest BCUT2D eigenvalue weighted by molar-refractivity contribution is 5.86. The van der Waals surface area contributed by atoms with Gasteiger partial charge in [0.25, 0.3) is 5.56 Å². The second kappa shape index (κ2) is 8.77. The van der Waals surface area contributed by atoms with Gasteiger partial charge >= 0.3 is 0 Å². The van der Waals surface area contributed by atoms with Gasteiger partial charge < -0.3 is 14.4 Å². The first kappa shape index (κ1) is 20.4. The number of amides is 1. The van der Waals surface area contributed by atoms with Gasteiger partial charge in [0.1, 0.15) is 12.3 Å². The van der Waals surface area contributed by atoms with E-state index < -0.39 is 0 Å². The van der Waals surface area contributed by atoms with Crippen LogP contribution in [-0.4, -0.2) is 41.4 Å². The SMILES string of the molecule is CCOc1ccc([C@H](C)N(C)C(=O)Cn2nc(OC)c3ccccc3c2=O)cc1. The number of methoxy groups -OCH3 is 1. The van der Waals surface area contributed by atoms with Crippen molar-refractivity contribution in [2.45, 2.75) is 26.4 Å². The number of nitrogens with zero attached hydrogens (tertiary/aromatic N) is 3. The van der Waals surface area contributed by atoms with Crippen molar-refractivity contribution in [1.82, 2.24) is 14.7 Å². The van der Waals surface area contributed by atoms with Crippen molar-refractivity contribution in [2.24, 2.45) is 0 Å². The van der Waals surface area contributed by atoms with E-state index in [1.54, 1.807) is 30.1 Å². The smallest absolute Gasteiger partial charge is 0.275 e. The van der Waals surface area contributed by atoms with E-state index in [-0.39, 0.29) is 24.1 Å². The minimum absolute atomic E-state index is 0.169. The Labute approximate surface area is 169 Å². The number of fused-ring (bicyclic) bond motifs is 1. The van der Waals surface area contributed by atoms with E-state index in [4.69, 9.17) is 9.47 Å². The van der Waals surface area contributed by atoms with E-state index in [1.807, 2.05) is 44.2 Å². The van der Waals surface area contributed by atoms with E-state index >= 15 is 0 Å². The molecule has 2 aromatic carbocycles. The van der Waals surface area contributed by atoms with E-state index in [9.17, 15) is 9.59 Å². The average Bonchev–Trinajstić information content (AvgIpc) is 2.75. The summed E-state index contributed by atoms with van der Waals surface area (Å²) in [6.07, 6.45) is 0. The van der Waals surface area contributed by atoms with Crippen molar-refractivity contribution in [3.8, 4) is 11.6 Å². The minimum atomic E-state index is -0.322. The van der Waals surface area contributed by atoms with E-state index in [0.717, 1.165) is 16.0 Å². The zero-order chi connectivity index (χ0) is 21.0. The molecule has 0 spiro atoms. The normalized spacial score (nSPS) is 11.9. The second-order valence-electron chi connectivity index (χ2n) is 6.70. The van der Waals surface area contributed by atoms with Gasteiger partial charge in [-0.3, -0.25) is 9.59 Å². The third-order valence-corrected chi connectivity index (χ3v) is 4.96. The number of hydrogen-bond donors (Lipinski definition) is 0. The lowest BCUT2D eigenvalue weighted by molar-refractivity contribution is -0.132. The fraction of sp³-hybridized carbons (Fsp3) is 0.318. The molecule has 0 saturated carbocycles. The number of ether oxygens (including phenoxy) is 2. The van der Waals surface area contributed by atoms with Gasteiger partial charge in [-0.15, -0.1) is 5.10 Å². The largest absolute Gasteiger partial charge is 0.494 e. The molecule has 152 valence electrons. The molecule has 1 amide bonds.